The van der Waals surface area contributed by atoms with Gasteiger partial charge in [-0.25, -0.2) is 4.79 Å². The number of aliphatic carboxylic acids is 1. The minimum Gasteiger partial charge on any atom is -0.480 e. The fourth-order valence-corrected chi connectivity index (χ4v) is 1.47. The number of nitrogens with one attached hydrogen (secondary N) is 1. The zero-order valence-corrected chi connectivity index (χ0v) is 10.6. The van der Waals surface area contributed by atoms with Crippen LogP contribution in [0.25, 0.3) is 0 Å². The molecule has 0 fully saturated rings. The zero-order chi connectivity index (χ0) is 15.3. The number of carbonyl (C=O) groups is 2. The first-order chi connectivity index (χ1) is 9.25. The van der Waals surface area contributed by atoms with Crippen LogP contribution in [-0.4, -0.2) is 28.0 Å². The minimum absolute atomic E-state index is 0.224. The Labute approximate surface area is 112 Å². The van der Waals surface area contributed by atoms with Gasteiger partial charge in [-0.05, 0) is 18.6 Å². The van der Waals surface area contributed by atoms with E-state index in [0.29, 0.717) is 12.6 Å². The normalized spacial score (nSPS) is 12.8. The Morgan fingerprint density at radius 3 is 2.45 bits per heavy atom. The second kappa shape index (κ2) is 6.36. The quantitative estimate of drug-likeness (QED) is 0.870. The Kier molecular flexibility index (Phi) is 5.06. The van der Waals surface area contributed by atoms with Crippen molar-refractivity contribution in [3.63, 3.8) is 0 Å². The molecule has 0 bridgehead atoms. The van der Waals surface area contributed by atoms with Crippen LogP contribution in [0.5, 0.6) is 0 Å². The van der Waals surface area contributed by atoms with E-state index in [1.807, 2.05) is 0 Å². The van der Waals surface area contributed by atoms with Crippen molar-refractivity contribution in [2.24, 2.45) is 0 Å². The van der Waals surface area contributed by atoms with Gasteiger partial charge in [-0.3, -0.25) is 9.78 Å². The van der Waals surface area contributed by atoms with E-state index in [-0.39, 0.29) is 12.1 Å². The zero-order valence-electron chi connectivity index (χ0n) is 10.6. The highest BCUT2D eigenvalue weighted by Crippen LogP contribution is 2.28. The number of rotatable bonds is 5. The topological polar surface area (TPSA) is 79.3 Å². The number of amides is 1. The second-order valence-electron chi connectivity index (χ2n) is 4.08. The van der Waals surface area contributed by atoms with Crippen LogP contribution in [0.1, 0.15) is 35.8 Å². The first-order valence-corrected chi connectivity index (χ1v) is 5.82. The van der Waals surface area contributed by atoms with E-state index >= 15 is 0 Å². The first-order valence-electron chi connectivity index (χ1n) is 5.82. The van der Waals surface area contributed by atoms with Crippen molar-refractivity contribution in [2.45, 2.75) is 32.0 Å². The molecule has 1 atom stereocenters. The molecule has 0 unspecified atom stereocenters. The molecular weight excluding hydrogens is 277 g/mol. The monoisotopic (exact) mass is 290 g/mol. The van der Waals surface area contributed by atoms with Crippen LogP contribution in [0, 0.1) is 0 Å². The number of halogens is 3. The molecule has 0 aliphatic heterocycles. The lowest BCUT2D eigenvalue weighted by Crippen LogP contribution is -2.40. The van der Waals surface area contributed by atoms with Gasteiger partial charge in [-0.15, -0.1) is 0 Å². The molecule has 0 aliphatic rings. The number of pyridine rings is 1. The molecule has 1 aromatic heterocycles. The summed E-state index contributed by atoms with van der Waals surface area (Å²) in [4.78, 5) is 25.9. The number of carboxylic acids is 1. The number of alkyl halides is 3. The molecule has 0 spiro atoms. The summed E-state index contributed by atoms with van der Waals surface area (Å²) in [5, 5.41) is 11.1. The van der Waals surface area contributed by atoms with Crippen LogP contribution >= 0.6 is 0 Å². The highest BCUT2D eigenvalue weighted by molar-refractivity contribution is 5.94. The molecule has 5 nitrogen and oxygen atoms in total. The van der Waals surface area contributed by atoms with Crippen molar-refractivity contribution in [2.75, 3.05) is 0 Å². The summed E-state index contributed by atoms with van der Waals surface area (Å²) in [5.41, 5.74) is -1.24. The molecule has 0 aliphatic carbocycles. The van der Waals surface area contributed by atoms with Gasteiger partial charge in [0, 0.05) is 6.20 Å². The lowest BCUT2D eigenvalue weighted by atomic mass is 10.1. The minimum atomic E-state index is -4.53. The lowest BCUT2D eigenvalue weighted by Gasteiger charge is -2.13. The molecule has 0 aromatic carbocycles. The van der Waals surface area contributed by atoms with Crippen molar-refractivity contribution in [3.8, 4) is 0 Å². The molecule has 1 heterocycles. The molecule has 0 saturated carbocycles. The molecule has 0 radical (unpaired) electrons. The summed E-state index contributed by atoms with van der Waals surface area (Å²) in [6, 6.07) is 0.539. The maximum absolute atomic E-state index is 12.3. The second-order valence-corrected chi connectivity index (χ2v) is 4.08. The number of nitrogens with zero attached hydrogens (tertiary/aromatic N) is 1. The number of hydrogen-bond donors (Lipinski definition) is 2. The number of carbonyl (C=O) groups excluding carboxylic acids is 1. The van der Waals surface area contributed by atoms with Crippen LogP contribution in [0.2, 0.25) is 0 Å². The van der Waals surface area contributed by atoms with Crippen LogP contribution < -0.4 is 5.32 Å². The standard InChI is InChI=1S/C12H13F3N2O3/c1-2-3-9(11(19)20)17-10(18)8-5-4-7(6-16-8)12(13,14)15/h4-6,9H,2-3H2,1H3,(H,17,18)(H,19,20)/t9-/m1/s1. The van der Waals surface area contributed by atoms with Gasteiger partial charge in [-0.1, -0.05) is 13.3 Å². The predicted molar refractivity (Wildman–Crippen MR) is 63.0 cm³/mol. The van der Waals surface area contributed by atoms with Gasteiger partial charge < -0.3 is 10.4 Å². The average Bonchev–Trinajstić information content (AvgIpc) is 2.37. The lowest BCUT2D eigenvalue weighted by molar-refractivity contribution is -0.139. The molecule has 1 aromatic rings. The largest absolute Gasteiger partial charge is 0.480 e. The fraction of sp³-hybridized carbons (Fsp3) is 0.417. The third kappa shape index (κ3) is 4.22. The van der Waals surface area contributed by atoms with Gasteiger partial charge >= 0.3 is 12.1 Å². The molecular formula is C12H13F3N2O3. The van der Waals surface area contributed by atoms with Gasteiger partial charge in [0.05, 0.1) is 5.56 Å². The Morgan fingerprint density at radius 2 is 2.05 bits per heavy atom. The number of aromatic nitrogens is 1. The van der Waals surface area contributed by atoms with Crippen molar-refractivity contribution in [1.82, 2.24) is 10.3 Å². The summed E-state index contributed by atoms with van der Waals surface area (Å²) >= 11 is 0. The Hall–Kier alpha value is -2.12. The maximum atomic E-state index is 12.3. The molecule has 20 heavy (non-hydrogen) atoms. The molecule has 110 valence electrons. The molecule has 0 saturated heterocycles. The van der Waals surface area contributed by atoms with E-state index in [2.05, 4.69) is 10.3 Å². The summed E-state index contributed by atoms with van der Waals surface area (Å²) < 4.78 is 37.0. The summed E-state index contributed by atoms with van der Waals surface area (Å²) in [7, 11) is 0. The van der Waals surface area contributed by atoms with Crippen molar-refractivity contribution >= 4 is 11.9 Å². The van der Waals surface area contributed by atoms with Crippen LogP contribution in [0.15, 0.2) is 18.3 Å². The summed E-state index contributed by atoms with van der Waals surface area (Å²) in [5.74, 6) is -2.02. The molecule has 2 N–H and O–H groups in total. The van der Waals surface area contributed by atoms with E-state index in [1.165, 1.54) is 0 Å². The summed E-state index contributed by atoms with van der Waals surface area (Å²) in [6.07, 6.45) is -3.24. The summed E-state index contributed by atoms with van der Waals surface area (Å²) in [6.45, 7) is 1.75. The van der Waals surface area contributed by atoms with Crippen molar-refractivity contribution in [3.05, 3.63) is 29.6 Å². The first kappa shape index (κ1) is 15.9. The van der Waals surface area contributed by atoms with E-state index in [0.717, 1.165) is 12.1 Å². The van der Waals surface area contributed by atoms with Crippen molar-refractivity contribution in [1.29, 1.82) is 0 Å². The third-order valence-electron chi connectivity index (χ3n) is 2.50. The highest BCUT2D eigenvalue weighted by Gasteiger charge is 2.31. The van der Waals surface area contributed by atoms with Gasteiger partial charge in [0.2, 0.25) is 0 Å². The van der Waals surface area contributed by atoms with E-state index < -0.39 is 29.7 Å². The third-order valence-corrected chi connectivity index (χ3v) is 2.50. The smallest absolute Gasteiger partial charge is 0.417 e. The van der Waals surface area contributed by atoms with Gasteiger partial charge in [0.25, 0.3) is 5.91 Å². The predicted octanol–water partition coefficient (Wildman–Crippen LogP) is 2.08. The molecule has 8 heteroatoms. The molecule has 1 rings (SSSR count). The average molecular weight is 290 g/mol. The van der Waals surface area contributed by atoms with Gasteiger partial charge in [0.15, 0.2) is 0 Å². The fourth-order valence-electron chi connectivity index (χ4n) is 1.47. The van der Waals surface area contributed by atoms with Crippen molar-refractivity contribution < 1.29 is 27.9 Å². The van der Waals surface area contributed by atoms with E-state index in [4.69, 9.17) is 5.11 Å². The highest BCUT2D eigenvalue weighted by atomic mass is 19.4. The van der Waals surface area contributed by atoms with E-state index in [1.54, 1.807) is 6.92 Å². The number of carboxylic acid groups (broad SMARTS) is 1. The maximum Gasteiger partial charge on any atom is 0.417 e. The number of hydrogen-bond acceptors (Lipinski definition) is 3. The Bertz CT molecular complexity index is 486. The Balaban J connectivity index is 2.80. The van der Waals surface area contributed by atoms with Crippen LogP contribution in [0.4, 0.5) is 13.2 Å². The van der Waals surface area contributed by atoms with Gasteiger partial charge in [0.1, 0.15) is 11.7 Å². The van der Waals surface area contributed by atoms with Gasteiger partial charge in [-0.2, -0.15) is 13.2 Å². The van der Waals surface area contributed by atoms with Crippen LogP contribution in [-0.2, 0) is 11.0 Å². The van der Waals surface area contributed by atoms with Crippen LogP contribution in [0.3, 0.4) is 0 Å². The molecule has 1 amide bonds. The SMILES string of the molecule is CCC[C@@H](NC(=O)c1ccc(C(F)(F)F)cn1)C(=O)O. The van der Waals surface area contributed by atoms with E-state index in [9.17, 15) is 22.8 Å². The Morgan fingerprint density at radius 1 is 1.40 bits per heavy atom.